The van der Waals surface area contributed by atoms with Gasteiger partial charge in [0, 0.05) is 19.3 Å². The highest BCUT2D eigenvalue weighted by molar-refractivity contribution is 7.80. The summed E-state index contributed by atoms with van der Waals surface area (Å²) in [5.41, 5.74) is 7.95. The van der Waals surface area contributed by atoms with E-state index in [2.05, 4.69) is 15.3 Å². The van der Waals surface area contributed by atoms with Gasteiger partial charge in [-0.2, -0.15) is 4.99 Å². The zero-order chi connectivity index (χ0) is 14.3. The minimum atomic E-state index is 0.384. The molecule has 0 amide bonds. The molecule has 0 bridgehead atoms. The summed E-state index contributed by atoms with van der Waals surface area (Å²) in [6.45, 7) is 8.25. The molecule has 19 heavy (non-hydrogen) atoms. The Bertz CT molecular complexity index is 454. The molecule has 0 spiro atoms. The highest BCUT2D eigenvalue weighted by atomic mass is 32.1. The van der Waals surface area contributed by atoms with Crippen molar-refractivity contribution in [3.63, 3.8) is 0 Å². The van der Waals surface area contributed by atoms with Crippen LogP contribution in [0.25, 0.3) is 0 Å². The molecule has 0 saturated heterocycles. The van der Waals surface area contributed by atoms with Crippen LogP contribution in [0.3, 0.4) is 0 Å². The zero-order valence-corrected chi connectivity index (χ0v) is 12.5. The van der Waals surface area contributed by atoms with Crippen molar-refractivity contribution in [3.8, 4) is 0 Å². The minimum absolute atomic E-state index is 0.384. The smallest absolute Gasteiger partial charge is 0.198 e. The van der Waals surface area contributed by atoms with Crippen molar-refractivity contribution >= 4 is 23.3 Å². The molecule has 0 aliphatic rings. The van der Waals surface area contributed by atoms with E-state index in [1.54, 1.807) is 6.20 Å². The summed E-state index contributed by atoms with van der Waals surface area (Å²) in [5.74, 6) is 0.445. The fraction of sp³-hybridized carbons (Fsp3) is 0.462. The molecule has 5 nitrogen and oxygen atoms in total. The van der Waals surface area contributed by atoms with Gasteiger partial charge >= 0.3 is 0 Å². The highest BCUT2D eigenvalue weighted by Gasteiger charge is 2.04. The van der Waals surface area contributed by atoms with Crippen LogP contribution in [0.2, 0.25) is 0 Å². The van der Waals surface area contributed by atoms with Crippen molar-refractivity contribution in [2.24, 2.45) is 10.7 Å². The number of nitrogens with two attached hydrogens (primary N) is 1. The van der Waals surface area contributed by atoms with Gasteiger partial charge in [-0.25, -0.2) is 0 Å². The van der Waals surface area contributed by atoms with E-state index < -0.39 is 0 Å². The van der Waals surface area contributed by atoms with E-state index in [9.17, 15) is 0 Å². The molecule has 1 aromatic heterocycles. The quantitative estimate of drug-likeness (QED) is 0.496. The van der Waals surface area contributed by atoms with Crippen LogP contribution >= 0.6 is 12.2 Å². The lowest BCUT2D eigenvalue weighted by molar-refractivity contribution is 0.461. The number of aryl methyl sites for hydroxylation is 1. The van der Waals surface area contributed by atoms with Crippen molar-refractivity contribution < 1.29 is 0 Å². The number of aromatic nitrogens is 1. The SMILES string of the molecule is CCN(CC)/C(N)=N/C(=S)NCc1ncccc1C. The summed E-state index contributed by atoms with van der Waals surface area (Å²) in [6.07, 6.45) is 1.76. The fourth-order valence-electron chi connectivity index (χ4n) is 1.62. The standard InChI is InChI=1S/C13H21N5S/c1-4-18(5-2)12(14)17-13(19)16-9-11-10(3)7-6-8-15-11/h6-8H,4-5,9H2,1-3H3,(H3,14,16,17,19). The maximum atomic E-state index is 5.87. The van der Waals surface area contributed by atoms with Gasteiger partial charge in [0.25, 0.3) is 0 Å². The van der Waals surface area contributed by atoms with Crippen LogP contribution in [0.4, 0.5) is 0 Å². The number of aliphatic imine (C=N–C) groups is 1. The van der Waals surface area contributed by atoms with Crippen molar-refractivity contribution in [1.29, 1.82) is 0 Å². The molecule has 0 saturated carbocycles. The molecule has 1 aromatic rings. The highest BCUT2D eigenvalue weighted by Crippen LogP contribution is 2.02. The Labute approximate surface area is 119 Å². The van der Waals surface area contributed by atoms with Crippen LogP contribution in [-0.4, -0.2) is 34.0 Å². The van der Waals surface area contributed by atoms with Gasteiger partial charge in [-0.1, -0.05) is 6.07 Å². The number of thiocarbonyl (C=S) groups is 1. The second kappa shape index (κ2) is 7.68. The molecule has 0 aromatic carbocycles. The number of pyridine rings is 1. The van der Waals surface area contributed by atoms with Gasteiger partial charge in [0.15, 0.2) is 11.1 Å². The molecule has 0 radical (unpaired) electrons. The van der Waals surface area contributed by atoms with Gasteiger partial charge in [-0.05, 0) is 44.6 Å². The third-order valence-electron chi connectivity index (χ3n) is 2.83. The second-order valence-corrected chi connectivity index (χ2v) is 4.45. The molecule has 1 heterocycles. The Hall–Kier alpha value is -1.69. The van der Waals surface area contributed by atoms with Crippen LogP contribution in [0.15, 0.2) is 23.3 Å². The Morgan fingerprint density at radius 2 is 2.16 bits per heavy atom. The topological polar surface area (TPSA) is 66.5 Å². The summed E-state index contributed by atoms with van der Waals surface area (Å²) in [7, 11) is 0. The molecule has 0 unspecified atom stereocenters. The van der Waals surface area contributed by atoms with Crippen LogP contribution in [0.1, 0.15) is 25.1 Å². The van der Waals surface area contributed by atoms with Crippen LogP contribution < -0.4 is 11.1 Å². The largest absolute Gasteiger partial charge is 0.369 e. The lowest BCUT2D eigenvalue weighted by Gasteiger charge is -2.19. The molecule has 3 N–H and O–H groups in total. The average Bonchev–Trinajstić information content (AvgIpc) is 2.39. The summed E-state index contributed by atoms with van der Waals surface area (Å²) < 4.78 is 0. The first-order valence-electron chi connectivity index (χ1n) is 6.35. The van der Waals surface area contributed by atoms with Gasteiger partial charge in [0.2, 0.25) is 0 Å². The number of nitrogens with zero attached hydrogens (tertiary/aromatic N) is 3. The minimum Gasteiger partial charge on any atom is -0.369 e. The first kappa shape index (κ1) is 15.4. The molecule has 0 fully saturated rings. The summed E-state index contributed by atoms with van der Waals surface area (Å²) >= 11 is 5.15. The average molecular weight is 279 g/mol. The molecule has 6 heteroatoms. The third-order valence-corrected chi connectivity index (χ3v) is 3.06. The molecule has 104 valence electrons. The number of hydrogen-bond acceptors (Lipinski definition) is 2. The molecule has 0 atom stereocenters. The maximum absolute atomic E-state index is 5.87. The molecule has 0 aliphatic heterocycles. The van der Waals surface area contributed by atoms with Gasteiger partial charge in [0.05, 0.1) is 12.2 Å². The predicted molar refractivity (Wildman–Crippen MR) is 83.0 cm³/mol. The van der Waals surface area contributed by atoms with Crippen molar-refractivity contribution in [2.45, 2.75) is 27.3 Å². The Balaban J connectivity index is 2.57. The first-order valence-corrected chi connectivity index (χ1v) is 6.76. The maximum Gasteiger partial charge on any atom is 0.198 e. The van der Waals surface area contributed by atoms with E-state index in [4.69, 9.17) is 18.0 Å². The van der Waals surface area contributed by atoms with Crippen molar-refractivity contribution in [1.82, 2.24) is 15.2 Å². The van der Waals surface area contributed by atoms with Crippen molar-refractivity contribution in [2.75, 3.05) is 13.1 Å². The summed E-state index contributed by atoms with van der Waals surface area (Å²) in [4.78, 5) is 10.4. The molecular weight excluding hydrogens is 258 g/mol. The lowest BCUT2D eigenvalue weighted by atomic mass is 10.2. The Morgan fingerprint density at radius 1 is 1.47 bits per heavy atom. The van der Waals surface area contributed by atoms with Crippen LogP contribution in [0.5, 0.6) is 0 Å². The number of hydrogen-bond donors (Lipinski definition) is 2. The Kier molecular flexibility index (Phi) is 6.21. The normalized spacial score (nSPS) is 11.2. The van der Waals surface area contributed by atoms with Crippen LogP contribution in [0, 0.1) is 6.92 Å². The zero-order valence-electron chi connectivity index (χ0n) is 11.7. The molecular formula is C13H21N5S. The summed E-state index contributed by atoms with van der Waals surface area (Å²) in [5, 5.41) is 3.43. The van der Waals surface area contributed by atoms with Gasteiger partial charge in [-0.15, -0.1) is 0 Å². The van der Waals surface area contributed by atoms with Gasteiger partial charge in [0.1, 0.15) is 0 Å². The van der Waals surface area contributed by atoms with E-state index in [0.717, 1.165) is 24.3 Å². The van der Waals surface area contributed by atoms with Crippen LogP contribution in [-0.2, 0) is 6.54 Å². The van der Waals surface area contributed by atoms with E-state index in [1.165, 1.54) is 0 Å². The van der Waals surface area contributed by atoms with E-state index in [-0.39, 0.29) is 0 Å². The second-order valence-electron chi connectivity index (χ2n) is 4.07. The first-order chi connectivity index (χ1) is 9.08. The molecule has 1 rings (SSSR count). The van der Waals surface area contributed by atoms with E-state index in [1.807, 2.05) is 37.8 Å². The third kappa shape index (κ3) is 4.82. The van der Waals surface area contributed by atoms with Gasteiger partial charge < -0.3 is 16.0 Å². The number of rotatable bonds is 4. The fourth-order valence-corrected chi connectivity index (χ4v) is 1.79. The Morgan fingerprint density at radius 3 is 2.74 bits per heavy atom. The number of nitrogens with one attached hydrogen (secondary N) is 1. The summed E-state index contributed by atoms with van der Waals surface area (Å²) in [6, 6.07) is 3.92. The van der Waals surface area contributed by atoms with E-state index >= 15 is 0 Å². The monoisotopic (exact) mass is 279 g/mol. The van der Waals surface area contributed by atoms with Crippen molar-refractivity contribution in [3.05, 3.63) is 29.6 Å². The lowest BCUT2D eigenvalue weighted by Crippen LogP contribution is -2.38. The van der Waals surface area contributed by atoms with E-state index in [0.29, 0.717) is 17.6 Å². The number of guanidine groups is 1. The van der Waals surface area contributed by atoms with Gasteiger partial charge in [-0.3, -0.25) is 4.98 Å². The molecule has 0 aliphatic carbocycles. The predicted octanol–water partition coefficient (Wildman–Crippen LogP) is 1.42.